The molecule has 0 atom stereocenters. The third-order valence-electron chi connectivity index (χ3n) is 2.90. The lowest BCUT2D eigenvalue weighted by Crippen LogP contribution is -2.03. The summed E-state index contributed by atoms with van der Waals surface area (Å²) >= 11 is 1.36. The highest BCUT2D eigenvalue weighted by Gasteiger charge is 2.04. The van der Waals surface area contributed by atoms with Crippen LogP contribution >= 0.6 is 11.5 Å². The van der Waals surface area contributed by atoms with Crippen LogP contribution in [0.4, 0.5) is 9.52 Å². The van der Waals surface area contributed by atoms with Crippen LogP contribution in [-0.2, 0) is 6.42 Å². The van der Waals surface area contributed by atoms with E-state index in [1.807, 2.05) is 0 Å². The molecule has 0 unspecified atom stereocenters. The van der Waals surface area contributed by atoms with E-state index >= 15 is 0 Å². The Morgan fingerprint density at radius 2 is 1.95 bits per heavy atom. The van der Waals surface area contributed by atoms with Gasteiger partial charge in [-0.3, -0.25) is 0 Å². The number of benzene rings is 1. The summed E-state index contributed by atoms with van der Waals surface area (Å²) in [5.41, 5.74) is 6.46. The maximum Gasteiger partial charge on any atom is 0.202 e. The van der Waals surface area contributed by atoms with Crippen molar-refractivity contribution in [3.8, 4) is 0 Å². The Hall–Kier alpha value is -1.53. The quantitative estimate of drug-likeness (QED) is 0.735. The Bertz CT molecular complexity index is 512. The summed E-state index contributed by atoms with van der Waals surface area (Å²) in [6.45, 7) is 1.64. The number of rotatable bonds is 8. The Morgan fingerprint density at radius 3 is 2.70 bits per heavy atom. The smallest absolute Gasteiger partial charge is 0.202 e. The third kappa shape index (κ3) is 4.86. The summed E-state index contributed by atoms with van der Waals surface area (Å²) in [6, 6.07) is 6.43. The van der Waals surface area contributed by atoms with E-state index in [9.17, 15) is 4.39 Å². The van der Waals surface area contributed by atoms with Crippen molar-refractivity contribution in [2.45, 2.75) is 25.7 Å². The van der Waals surface area contributed by atoms with Crippen molar-refractivity contribution in [2.24, 2.45) is 5.73 Å². The molecule has 0 radical (unpaired) electrons. The van der Waals surface area contributed by atoms with Crippen molar-refractivity contribution < 1.29 is 4.39 Å². The Balaban J connectivity index is 1.78. The summed E-state index contributed by atoms with van der Waals surface area (Å²) < 4.78 is 17.1. The van der Waals surface area contributed by atoms with Gasteiger partial charge in [0.15, 0.2) is 0 Å². The van der Waals surface area contributed by atoms with E-state index < -0.39 is 0 Å². The number of hydrogen-bond donors (Lipinski definition) is 2. The van der Waals surface area contributed by atoms with Crippen molar-refractivity contribution in [3.05, 3.63) is 41.5 Å². The van der Waals surface area contributed by atoms with Crippen molar-refractivity contribution in [1.29, 1.82) is 0 Å². The maximum atomic E-state index is 12.8. The van der Waals surface area contributed by atoms with Crippen LogP contribution in [0.2, 0.25) is 0 Å². The molecule has 0 aliphatic heterocycles. The Kier molecular flexibility index (Phi) is 5.88. The first-order valence-corrected chi connectivity index (χ1v) is 7.56. The molecular weight excluding hydrogens is 275 g/mol. The van der Waals surface area contributed by atoms with Crippen LogP contribution in [0.1, 0.15) is 30.7 Å². The number of hydrogen-bond acceptors (Lipinski definition) is 5. The van der Waals surface area contributed by atoms with Gasteiger partial charge in [-0.15, -0.1) is 0 Å². The molecule has 0 spiro atoms. The van der Waals surface area contributed by atoms with Gasteiger partial charge in [-0.2, -0.15) is 4.37 Å². The molecule has 1 aromatic heterocycles. The van der Waals surface area contributed by atoms with Crippen molar-refractivity contribution >= 4 is 16.7 Å². The molecule has 2 aromatic rings. The molecule has 3 N–H and O–H groups in total. The summed E-state index contributed by atoms with van der Waals surface area (Å²) in [7, 11) is 0. The predicted octanol–water partition coefficient (Wildman–Crippen LogP) is 2.81. The second-order valence-corrected chi connectivity index (χ2v) is 5.35. The number of nitrogens with zero attached hydrogens (tertiary/aromatic N) is 2. The second kappa shape index (κ2) is 7.91. The molecule has 108 valence electrons. The van der Waals surface area contributed by atoms with Gasteiger partial charge in [0, 0.05) is 24.5 Å². The highest BCUT2D eigenvalue weighted by molar-refractivity contribution is 7.09. The first-order chi connectivity index (χ1) is 9.78. The standard InChI is InChI=1S/C14H19FN4S/c15-12-6-4-11(5-7-12)10-13-18-14(20-19-13)17-9-3-1-2-8-16/h4-7H,1-3,8-10,16H2,(H,17,18,19). The average molecular weight is 294 g/mol. The molecule has 2 rings (SSSR count). The monoisotopic (exact) mass is 294 g/mol. The minimum Gasteiger partial charge on any atom is -0.360 e. The predicted molar refractivity (Wildman–Crippen MR) is 80.5 cm³/mol. The number of halogens is 1. The molecule has 0 aliphatic carbocycles. The van der Waals surface area contributed by atoms with Gasteiger partial charge in [-0.1, -0.05) is 18.6 Å². The SMILES string of the molecule is NCCCCCNc1nc(Cc2ccc(F)cc2)ns1. The van der Waals surface area contributed by atoms with E-state index in [1.165, 1.54) is 23.7 Å². The van der Waals surface area contributed by atoms with E-state index in [0.717, 1.165) is 48.9 Å². The number of nitrogens with one attached hydrogen (secondary N) is 1. The zero-order valence-corrected chi connectivity index (χ0v) is 12.1. The number of nitrogens with two attached hydrogens (primary N) is 1. The number of aromatic nitrogens is 2. The van der Waals surface area contributed by atoms with Gasteiger partial charge in [0.05, 0.1) is 0 Å². The molecule has 0 amide bonds. The Labute approximate surface area is 122 Å². The summed E-state index contributed by atoms with van der Waals surface area (Å²) in [6.07, 6.45) is 3.91. The largest absolute Gasteiger partial charge is 0.360 e. The van der Waals surface area contributed by atoms with E-state index in [1.54, 1.807) is 12.1 Å². The summed E-state index contributed by atoms with van der Waals surface area (Å²) in [4.78, 5) is 4.42. The van der Waals surface area contributed by atoms with Crippen LogP contribution < -0.4 is 11.1 Å². The fourth-order valence-corrected chi connectivity index (χ4v) is 2.43. The maximum absolute atomic E-state index is 12.8. The second-order valence-electron chi connectivity index (χ2n) is 4.60. The van der Waals surface area contributed by atoms with Crippen LogP contribution in [0.5, 0.6) is 0 Å². The average Bonchev–Trinajstić information content (AvgIpc) is 2.89. The minimum atomic E-state index is -0.222. The molecule has 4 nitrogen and oxygen atoms in total. The fourth-order valence-electron chi connectivity index (χ4n) is 1.82. The minimum absolute atomic E-state index is 0.222. The van der Waals surface area contributed by atoms with E-state index in [4.69, 9.17) is 5.73 Å². The lowest BCUT2D eigenvalue weighted by Gasteiger charge is -2.00. The van der Waals surface area contributed by atoms with Gasteiger partial charge < -0.3 is 11.1 Å². The van der Waals surface area contributed by atoms with Crippen LogP contribution in [0, 0.1) is 5.82 Å². The summed E-state index contributed by atoms with van der Waals surface area (Å²) in [5, 5.41) is 4.11. The fraction of sp³-hybridized carbons (Fsp3) is 0.429. The first-order valence-electron chi connectivity index (χ1n) is 6.79. The third-order valence-corrected chi connectivity index (χ3v) is 3.61. The molecule has 6 heteroatoms. The van der Waals surface area contributed by atoms with Gasteiger partial charge in [0.2, 0.25) is 5.13 Å². The molecule has 20 heavy (non-hydrogen) atoms. The van der Waals surface area contributed by atoms with Gasteiger partial charge in [0.25, 0.3) is 0 Å². The molecule has 1 aromatic carbocycles. The molecule has 1 heterocycles. The molecule has 0 saturated heterocycles. The van der Waals surface area contributed by atoms with Gasteiger partial charge in [-0.05, 0) is 37.1 Å². The number of unbranched alkanes of at least 4 members (excludes halogenated alkanes) is 2. The number of anilines is 1. The van der Waals surface area contributed by atoms with Gasteiger partial charge in [-0.25, -0.2) is 9.37 Å². The van der Waals surface area contributed by atoms with Crippen LogP contribution in [0.15, 0.2) is 24.3 Å². The molecule has 0 aliphatic rings. The highest BCUT2D eigenvalue weighted by atomic mass is 32.1. The van der Waals surface area contributed by atoms with E-state index in [-0.39, 0.29) is 5.82 Å². The lowest BCUT2D eigenvalue weighted by molar-refractivity contribution is 0.627. The lowest BCUT2D eigenvalue weighted by atomic mass is 10.1. The van der Waals surface area contributed by atoms with E-state index in [0.29, 0.717) is 6.42 Å². The Morgan fingerprint density at radius 1 is 1.15 bits per heavy atom. The zero-order chi connectivity index (χ0) is 14.2. The molecule has 0 saturated carbocycles. The highest BCUT2D eigenvalue weighted by Crippen LogP contribution is 2.14. The first kappa shape index (κ1) is 14.9. The van der Waals surface area contributed by atoms with Crippen LogP contribution in [0.25, 0.3) is 0 Å². The molecular formula is C14H19FN4S. The topological polar surface area (TPSA) is 63.8 Å². The van der Waals surface area contributed by atoms with Crippen LogP contribution in [0.3, 0.4) is 0 Å². The zero-order valence-electron chi connectivity index (χ0n) is 11.3. The van der Waals surface area contributed by atoms with Crippen molar-refractivity contribution in [1.82, 2.24) is 9.36 Å². The van der Waals surface area contributed by atoms with Crippen molar-refractivity contribution in [2.75, 3.05) is 18.4 Å². The van der Waals surface area contributed by atoms with Crippen LogP contribution in [-0.4, -0.2) is 22.4 Å². The van der Waals surface area contributed by atoms with E-state index in [2.05, 4.69) is 14.7 Å². The molecule has 0 bridgehead atoms. The van der Waals surface area contributed by atoms with Gasteiger partial charge in [0.1, 0.15) is 11.6 Å². The molecule has 0 fully saturated rings. The van der Waals surface area contributed by atoms with Crippen molar-refractivity contribution in [3.63, 3.8) is 0 Å². The van der Waals surface area contributed by atoms with Gasteiger partial charge >= 0.3 is 0 Å². The summed E-state index contributed by atoms with van der Waals surface area (Å²) in [5.74, 6) is 0.547. The normalized spacial score (nSPS) is 10.7.